The molecule has 0 saturated carbocycles. The van der Waals surface area contributed by atoms with Gasteiger partial charge in [-0.05, 0) is 116 Å². The number of anilines is 2. The number of carbonyl (C=O) groups excluding carboxylic acids is 2. The lowest BCUT2D eigenvalue weighted by Gasteiger charge is -2.22. The zero-order valence-electron chi connectivity index (χ0n) is 23.7. The average molecular weight is 582 g/mol. The van der Waals surface area contributed by atoms with Crippen LogP contribution in [0.5, 0.6) is 0 Å². The Hall–Kier alpha value is -4.04. The molecule has 2 atom stereocenters. The quantitative estimate of drug-likeness (QED) is 0.240. The summed E-state index contributed by atoms with van der Waals surface area (Å²) in [5.41, 5.74) is 20.7. The molecular formula is C34H36ClN5O2. The van der Waals surface area contributed by atoms with Crippen molar-refractivity contribution in [2.45, 2.75) is 57.5 Å². The van der Waals surface area contributed by atoms with E-state index in [1.165, 1.54) is 22.3 Å². The van der Waals surface area contributed by atoms with Crippen LogP contribution in [-0.4, -0.2) is 28.9 Å². The fourth-order valence-corrected chi connectivity index (χ4v) is 5.68. The molecule has 2 aliphatic rings. The number of aryl methyl sites for hydroxylation is 3. The smallest absolute Gasteiger partial charge is 0.257 e. The van der Waals surface area contributed by atoms with Gasteiger partial charge in [0.15, 0.2) is 0 Å². The van der Waals surface area contributed by atoms with Crippen LogP contribution in [0.1, 0.15) is 61.5 Å². The maximum absolute atomic E-state index is 12.2. The predicted molar refractivity (Wildman–Crippen MR) is 169 cm³/mol. The molecule has 0 saturated heterocycles. The number of aromatic nitrogens is 1. The van der Waals surface area contributed by atoms with Gasteiger partial charge in [0.25, 0.3) is 11.8 Å². The molecule has 4 aromatic rings. The molecule has 7 nitrogen and oxygen atoms in total. The minimum Gasteiger partial charge on any atom is -0.327 e. The van der Waals surface area contributed by atoms with E-state index in [2.05, 4.69) is 33.8 Å². The molecule has 0 spiro atoms. The number of amides is 2. The second kappa shape index (κ2) is 13.3. The van der Waals surface area contributed by atoms with Crippen LogP contribution in [0, 0.1) is 6.92 Å². The third kappa shape index (κ3) is 7.42. The molecule has 8 heteroatoms. The van der Waals surface area contributed by atoms with Crippen molar-refractivity contribution in [2.75, 3.05) is 10.6 Å². The molecule has 1 aromatic heterocycles. The third-order valence-corrected chi connectivity index (χ3v) is 8.07. The van der Waals surface area contributed by atoms with Crippen LogP contribution in [0.25, 0.3) is 0 Å². The molecule has 1 heterocycles. The molecule has 0 fully saturated rings. The second-order valence-corrected chi connectivity index (χ2v) is 11.5. The molecule has 0 bridgehead atoms. The highest BCUT2D eigenvalue weighted by atomic mass is 35.5. The summed E-state index contributed by atoms with van der Waals surface area (Å²) in [4.78, 5) is 28.6. The van der Waals surface area contributed by atoms with Gasteiger partial charge in [-0.25, -0.2) is 0 Å². The number of nitrogens with zero attached hydrogens (tertiary/aromatic N) is 1. The van der Waals surface area contributed by atoms with E-state index < -0.39 is 0 Å². The molecule has 0 radical (unpaired) electrons. The molecule has 6 N–H and O–H groups in total. The summed E-state index contributed by atoms with van der Waals surface area (Å²) in [5.74, 6) is -0.291. The number of halogens is 1. The summed E-state index contributed by atoms with van der Waals surface area (Å²) in [6, 6.07) is 23.2. The maximum atomic E-state index is 12.2. The van der Waals surface area contributed by atoms with Gasteiger partial charge in [-0.3, -0.25) is 14.6 Å². The summed E-state index contributed by atoms with van der Waals surface area (Å²) in [5, 5.41) is 6.31. The van der Waals surface area contributed by atoms with Crippen LogP contribution in [0.4, 0.5) is 11.4 Å². The normalized spacial score (nSPS) is 17.1. The summed E-state index contributed by atoms with van der Waals surface area (Å²) in [6.07, 6.45) is 7.43. The van der Waals surface area contributed by atoms with Crippen LogP contribution in [0.15, 0.2) is 79.0 Å². The minimum absolute atomic E-state index is 0.104. The monoisotopic (exact) mass is 581 g/mol. The van der Waals surface area contributed by atoms with Gasteiger partial charge < -0.3 is 22.1 Å². The number of nitrogens with two attached hydrogens (primary N) is 2. The molecule has 2 aliphatic carbocycles. The zero-order chi connectivity index (χ0) is 29.6. The van der Waals surface area contributed by atoms with Gasteiger partial charge in [0.1, 0.15) is 0 Å². The molecule has 42 heavy (non-hydrogen) atoms. The Morgan fingerprint density at radius 2 is 1.33 bits per heavy atom. The molecule has 6 rings (SSSR count). The number of fused-ring (bicyclic) bond motifs is 2. The largest absolute Gasteiger partial charge is 0.327 e. The predicted octanol–water partition coefficient (Wildman–Crippen LogP) is 5.87. The topological polar surface area (TPSA) is 123 Å². The summed E-state index contributed by atoms with van der Waals surface area (Å²) < 4.78 is 0. The fraction of sp³-hybridized carbons (Fsp3) is 0.265. The summed E-state index contributed by atoms with van der Waals surface area (Å²) in [7, 11) is 0. The molecule has 216 valence electrons. The number of hydrogen-bond donors (Lipinski definition) is 4. The van der Waals surface area contributed by atoms with E-state index in [0.717, 1.165) is 55.6 Å². The Morgan fingerprint density at radius 1 is 0.762 bits per heavy atom. The van der Waals surface area contributed by atoms with Crippen molar-refractivity contribution >= 4 is 34.8 Å². The number of nitrogens with one attached hydrogen (secondary N) is 2. The zero-order valence-corrected chi connectivity index (χ0v) is 24.5. The Kier molecular flexibility index (Phi) is 9.32. The Morgan fingerprint density at radius 3 is 1.90 bits per heavy atom. The Labute approximate surface area is 251 Å². The molecule has 0 aliphatic heterocycles. The number of rotatable bonds is 4. The minimum atomic E-state index is -0.187. The number of carbonyl (C=O) groups is 2. The number of benzene rings is 3. The van der Waals surface area contributed by atoms with Gasteiger partial charge >= 0.3 is 0 Å². The van der Waals surface area contributed by atoms with Crippen molar-refractivity contribution in [1.29, 1.82) is 0 Å². The van der Waals surface area contributed by atoms with Crippen molar-refractivity contribution in [1.82, 2.24) is 4.98 Å². The van der Waals surface area contributed by atoms with Crippen molar-refractivity contribution in [3.8, 4) is 0 Å². The van der Waals surface area contributed by atoms with Gasteiger partial charge in [0, 0.05) is 40.9 Å². The SMILES string of the molecule is Cc1cc(C(=O)Nc2ccc3c(c2)CC[C@H](N)C3)ccn1.N[C@@H]1CCc2cc(NC(=O)c3ccccc3Cl)ccc2C1. The van der Waals surface area contributed by atoms with Crippen LogP contribution < -0.4 is 22.1 Å². The van der Waals surface area contributed by atoms with Gasteiger partial charge in [0.2, 0.25) is 0 Å². The molecular weight excluding hydrogens is 546 g/mol. The van der Waals surface area contributed by atoms with E-state index in [0.29, 0.717) is 16.1 Å². The van der Waals surface area contributed by atoms with E-state index >= 15 is 0 Å². The Balaban J connectivity index is 0.000000168. The van der Waals surface area contributed by atoms with Crippen molar-refractivity contribution in [3.05, 3.63) is 123 Å². The van der Waals surface area contributed by atoms with Crippen molar-refractivity contribution in [2.24, 2.45) is 11.5 Å². The summed E-state index contributed by atoms with van der Waals surface area (Å²) >= 11 is 6.04. The van der Waals surface area contributed by atoms with Gasteiger partial charge in [-0.2, -0.15) is 0 Å². The Bertz CT molecular complexity index is 1600. The summed E-state index contributed by atoms with van der Waals surface area (Å²) in [6.45, 7) is 1.87. The van der Waals surface area contributed by atoms with Crippen molar-refractivity contribution in [3.63, 3.8) is 0 Å². The van der Waals surface area contributed by atoms with Crippen LogP contribution in [-0.2, 0) is 25.7 Å². The van der Waals surface area contributed by atoms with Gasteiger partial charge in [0.05, 0.1) is 10.6 Å². The van der Waals surface area contributed by atoms with E-state index in [1.807, 2.05) is 25.1 Å². The van der Waals surface area contributed by atoms with E-state index in [1.54, 1.807) is 42.6 Å². The maximum Gasteiger partial charge on any atom is 0.257 e. The third-order valence-electron chi connectivity index (χ3n) is 7.74. The fourth-order valence-electron chi connectivity index (χ4n) is 5.46. The number of hydrogen-bond acceptors (Lipinski definition) is 5. The molecule has 2 amide bonds. The lowest BCUT2D eigenvalue weighted by atomic mass is 9.88. The van der Waals surface area contributed by atoms with E-state index in [4.69, 9.17) is 23.1 Å². The molecule has 0 unspecified atom stereocenters. The first-order valence-electron chi connectivity index (χ1n) is 14.3. The van der Waals surface area contributed by atoms with E-state index in [9.17, 15) is 9.59 Å². The van der Waals surface area contributed by atoms with Crippen LogP contribution in [0.3, 0.4) is 0 Å². The highest BCUT2D eigenvalue weighted by Crippen LogP contribution is 2.26. The van der Waals surface area contributed by atoms with Crippen LogP contribution in [0.2, 0.25) is 5.02 Å². The second-order valence-electron chi connectivity index (χ2n) is 11.0. The van der Waals surface area contributed by atoms with Crippen molar-refractivity contribution < 1.29 is 9.59 Å². The first-order chi connectivity index (χ1) is 20.2. The average Bonchev–Trinajstić information content (AvgIpc) is 2.98. The standard InChI is InChI=1S/C17H17ClN2O.C17H19N3O/c18-16-4-2-1-3-15(16)17(21)20-14-8-6-11-9-13(19)7-5-12(11)10-14;1-11-8-14(6-7-19-11)17(21)20-16-5-3-12-9-15(18)4-2-13(12)10-16/h1-4,6,8,10,13H,5,7,9,19H2,(H,20,21);3,5-8,10,15H,2,4,9,18H2,1H3,(H,20,21)/t13-;15-/m10/s1. The van der Waals surface area contributed by atoms with Gasteiger partial charge in [-0.1, -0.05) is 35.9 Å². The van der Waals surface area contributed by atoms with Crippen LogP contribution >= 0.6 is 11.6 Å². The first kappa shape index (κ1) is 29.5. The number of pyridine rings is 1. The first-order valence-corrected chi connectivity index (χ1v) is 14.7. The lowest BCUT2D eigenvalue weighted by molar-refractivity contribution is 0.101. The van der Waals surface area contributed by atoms with E-state index in [-0.39, 0.29) is 23.9 Å². The molecule has 3 aromatic carbocycles. The lowest BCUT2D eigenvalue weighted by Crippen LogP contribution is -2.27. The van der Waals surface area contributed by atoms with Gasteiger partial charge in [-0.15, -0.1) is 0 Å². The highest BCUT2D eigenvalue weighted by molar-refractivity contribution is 6.34. The highest BCUT2D eigenvalue weighted by Gasteiger charge is 2.18.